The molecule has 3 aliphatic carbocycles. The first-order valence-electron chi connectivity index (χ1n) is 12.1. The number of hydrogen-bond donors (Lipinski definition) is 0. The lowest BCUT2D eigenvalue weighted by molar-refractivity contribution is 0.0672. The molecule has 0 spiro atoms. The molecule has 0 aliphatic heterocycles. The fourth-order valence-corrected chi connectivity index (χ4v) is 6.86. The molecule has 3 aliphatic rings. The lowest BCUT2D eigenvalue weighted by atomic mass is 9.61. The summed E-state index contributed by atoms with van der Waals surface area (Å²) in [4.78, 5) is 0. The summed E-state index contributed by atoms with van der Waals surface area (Å²) >= 11 is 0. The maximum absolute atomic E-state index is 14.5. The summed E-state index contributed by atoms with van der Waals surface area (Å²) in [5.41, 5.74) is 1.10. The van der Waals surface area contributed by atoms with Gasteiger partial charge in [-0.05, 0) is 124 Å². The summed E-state index contributed by atoms with van der Waals surface area (Å²) in [5, 5.41) is 0. The molecule has 0 aromatic heterocycles. The molecule has 0 nitrogen and oxygen atoms in total. The second-order valence-corrected chi connectivity index (χ2v) is 10.4. The predicted octanol–water partition coefficient (Wildman–Crippen LogP) is 8.21. The number of allylic oxidation sites excluding steroid dienone is 1. The second-order valence-electron chi connectivity index (χ2n) is 10.4. The van der Waals surface area contributed by atoms with Crippen LogP contribution in [0.5, 0.6) is 0 Å². The van der Waals surface area contributed by atoms with E-state index in [0.717, 1.165) is 48.0 Å². The molecule has 4 unspecified atom stereocenters. The Balaban J connectivity index is 1.33. The summed E-state index contributed by atoms with van der Waals surface area (Å²) in [6.07, 6.45) is 16.1. The molecule has 2 heteroatoms. The molecule has 3 fully saturated rings. The molecular formula is C27H38F2. The average molecular weight is 401 g/mol. The molecule has 4 rings (SSSR count). The van der Waals surface area contributed by atoms with Crippen LogP contribution in [0.25, 0.3) is 0 Å². The highest BCUT2D eigenvalue weighted by Crippen LogP contribution is 2.49. The van der Waals surface area contributed by atoms with Crippen molar-refractivity contribution in [3.63, 3.8) is 0 Å². The van der Waals surface area contributed by atoms with Crippen molar-refractivity contribution in [2.75, 3.05) is 0 Å². The Morgan fingerprint density at radius 2 is 1.38 bits per heavy atom. The maximum Gasteiger partial charge on any atom is 0.129 e. The number of rotatable bonds is 5. The molecule has 0 bridgehead atoms. The normalized spacial score (nSPS) is 35.1. The van der Waals surface area contributed by atoms with Gasteiger partial charge in [0, 0.05) is 5.56 Å². The molecule has 0 saturated heterocycles. The highest BCUT2D eigenvalue weighted by atomic mass is 19.1. The minimum Gasteiger partial charge on any atom is -0.207 e. The van der Waals surface area contributed by atoms with E-state index in [-0.39, 0.29) is 17.2 Å². The molecule has 0 amide bonds. The molecule has 0 heterocycles. The Morgan fingerprint density at radius 1 is 0.828 bits per heavy atom. The molecule has 1 aromatic rings. The van der Waals surface area contributed by atoms with Gasteiger partial charge >= 0.3 is 0 Å². The molecule has 3 saturated carbocycles. The molecule has 0 radical (unpaired) electrons. The lowest BCUT2D eigenvalue weighted by Crippen LogP contribution is -2.34. The van der Waals surface area contributed by atoms with E-state index in [2.05, 4.69) is 13.5 Å². The minimum atomic E-state index is -0.367. The van der Waals surface area contributed by atoms with E-state index in [1.807, 2.05) is 0 Å². The number of benzene rings is 1. The van der Waals surface area contributed by atoms with Crippen LogP contribution in [-0.2, 0) is 6.42 Å². The summed E-state index contributed by atoms with van der Waals surface area (Å²) in [6, 6.07) is 3.22. The van der Waals surface area contributed by atoms with Gasteiger partial charge in [0.25, 0.3) is 0 Å². The Bertz CT molecular complexity index is 677. The fraction of sp³-hybridized carbons (Fsp3) is 0.704. The van der Waals surface area contributed by atoms with E-state index in [4.69, 9.17) is 0 Å². The highest BCUT2D eigenvalue weighted by molar-refractivity contribution is 5.29. The fourth-order valence-electron chi connectivity index (χ4n) is 6.86. The van der Waals surface area contributed by atoms with Crippen LogP contribution in [0.15, 0.2) is 24.8 Å². The van der Waals surface area contributed by atoms with Crippen LogP contribution in [-0.4, -0.2) is 0 Å². The molecule has 160 valence electrons. The second kappa shape index (κ2) is 9.31. The van der Waals surface area contributed by atoms with Gasteiger partial charge in [0.2, 0.25) is 0 Å². The first kappa shape index (κ1) is 21.1. The summed E-state index contributed by atoms with van der Waals surface area (Å²) in [7, 11) is 0. The maximum atomic E-state index is 14.5. The van der Waals surface area contributed by atoms with Crippen LogP contribution >= 0.6 is 0 Å². The van der Waals surface area contributed by atoms with E-state index in [9.17, 15) is 8.78 Å². The molecule has 1 aromatic carbocycles. The summed E-state index contributed by atoms with van der Waals surface area (Å²) in [5.74, 6) is 4.25. The Kier molecular flexibility index (Phi) is 6.76. The molecular weight excluding hydrogens is 362 g/mol. The van der Waals surface area contributed by atoms with Crippen LogP contribution in [0.1, 0.15) is 94.6 Å². The first-order chi connectivity index (χ1) is 14.0. The third-order valence-electron chi connectivity index (χ3n) is 8.59. The van der Waals surface area contributed by atoms with Gasteiger partial charge in [-0.25, -0.2) is 8.78 Å². The topological polar surface area (TPSA) is 0 Å². The van der Waals surface area contributed by atoms with Crippen molar-refractivity contribution in [1.82, 2.24) is 0 Å². The molecule has 0 N–H and O–H groups in total. The van der Waals surface area contributed by atoms with Crippen molar-refractivity contribution in [2.24, 2.45) is 29.6 Å². The summed E-state index contributed by atoms with van der Waals surface area (Å²) in [6.45, 7) is 6.08. The SMILES string of the molecule is C=CCCc1c(F)cc(C2CCC(C3CCC4CC(C)CCC4C3)CC2)cc1F. The van der Waals surface area contributed by atoms with Crippen molar-refractivity contribution in [1.29, 1.82) is 0 Å². The summed E-state index contributed by atoms with van der Waals surface area (Å²) < 4.78 is 28.9. The van der Waals surface area contributed by atoms with Crippen LogP contribution in [0.2, 0.25) is 0 Å². The van der Waals surface area contributed by atoms with E-state index >= 15 is 0 Å². The largest absolute Gasteiger partial charge is 0.207 e. The van der Waals surface area contributed by atoms with Crippen molar-refractivity contribution in [3.8, 4) is 0 Å². The Hall–Kier alpha value is -1.18. The zero-order valence-corrected chi connectivity index (χ0v) is 18.1. The average Bonchev–Trinajstić information content (AvgIpc) is 2.73. The first-order valence-corrected chi connectivity index (χ1v) is 12.1. The quantitative estimate of drug-likeness (QED) is 0.437. The van der Waals surface area contributed by atoms with E-state index < -0.39 is 0 Å². The van der Waals surface area contributed by atoms with Crippen LogP contribution in [0.3, 0.4) is 0 Å². The van der Waals surface area contributed by atoms with E-state index in [0.29, 0.717) is 18.8 Å². The van der Waals surface area contributed by atoms with Crippen LogP contribution in [0, 0.1) is 41.2 Å². The predicted molar refractivity (Wildman–Crippen MR) is 117 cm³/mol. The minimum absolute atomic E-state index is 0.223. The van der Waals surface area contributed by atoms with Gasteiger partial charge in [-0.15, -0.1) is 6.58 Å². The monoisotopic (exact) mass is 400 g/mol. The third-order valence-corrected chi connectivity index (χ3v) is 8.59. The van der Waals surface area contributed by atoms with Crippen molar-refractivity contribution < 1.29 is 8.78 Å². The van der Waals surface area contributed by atoms with Gasteiger partial charge in [0.05, 0.1) is 0 Å². The van der Waals surface area contributed by atoms with Crippen LogP contribution < -0.4 is 0 Å². The van der Waals surface area contributed by atoms with Gasteiger partial charge in [0.15, 0.2) is 0 Å². The standard InChI is InChI=1S/C27H38F2/c1-3-4-5-25-26(28)16-24(17-27(25)29)20-10-8-19(9-11-20)22-13-12-21-14-18(2)6-7-23(21)15-22/h3,16-23H,1,4-15H2,2H3. The smallest absolute Gasteiger partial charge is 0.129 e. The molecule has 4 atom stereocenters. The van der Waals surface area contributed by atoms with Gasteiger partial charge < -0.3 is 0 Å². The third kappa shape index (κ3) is 4.78. The zero-order chi connectivity index (χ0) is 20.4. The van der Waals surface area contributed by atoms with Crippen molar-refractivity contribution >= 4 is 0 Å². The number of halogens is 2. The van der Waals surface area contributed by atoms with Gasteiger partial charge in [-0.1, -0.05) is 19.4 Å². The number of hydrogen-bond acceptors (Lipinski definition) is 0. The Labute approximate surface area is 176 Å². The lowest BCUT2D eigenvalue weighted by Gasteiger charge is -2.45. The van der Waals surface area contributed by atoms with Crippen molar-refractivity contribution in [3.05, 3.63) is 47.5 Å². The number of fused-ring (bicyclic) bond motifs is 1. The van der Waals surface area contributed by atoms with Gasteiger partial charge in [-0.3, -0.25) is 0 Å². The van der Waals surface area contributed by atoms with Crippen LogP contribution in [0.4, 0.5) is 8.78 Å². The van der Waals surface area contributed by atoms with Crippen molar-refractivity contribution in [2.45, 2.75) is 89.9 Å². The molecule has 29 heavy (non-hydrogen) atoms. The highest BCUT2D eigenvalue weighted by Gasteiger charge is 2.38. The van der Waals surface area contributed by atoms with Gasteiger partial charge in [-0.2, -0.15) is 0 Å². The van der Waals surface area contributed by atoms with E-state index in [1.54, 1.807) is 18.2 Å². The Morgan fingerprint density at radius 3 is 2.03 bits per heavy atom. The zero-order valence-electron chi connectivity index (χ0n) is 18.1. The van der Waals surface area contributed by atoms with E-state index in [1.165, 1.54) is 51.4 Å². The van der Waals surface area contributed by atoms with Gasteiger partial charge in [0.1, 0.15) is 11.6 Å².